The fraction of sp³-hybridized carbons (Fsp3) is 0.316. The van der Waals surface area contributed by atoms with Crippen LogP contribution in [0.2, 0.25) is 0 Å². The van der Waals surface area contributed by atoms with Crippen LogP contribution < -0.4 is 4.74 Å². The highest BCUT2D eigenvalue weighted by molar-refractivity contribution is 9.10. The maximum absolute atomic E-state index is 11.4. The molecule has 0 amide bonds. The molecule has 6 heteroatoms. The summed E-state index contributed by atoms with van der Waals surface area (Å²) in [6.45, 7) is 1.45. The lowest BCUT2D eigenvalue weighted by Gasteiger charge is -2.20. The average molecular weight is 422 g/mol. The summed E-state index contributed by atoms with van der Waals surface area (Å²) in [5.74, 6) is 0.790. The van der Waals surface area contributed by atoms with Crippen LogP contribution in [0.4, 0.5) is 0 Å². The Morgan fingerprint density at radius 1 is 1.28 bits per heavy atom. The molecule has 132 valence electrons. The van der Waals surface area contributed by atoms with Gasteiger partial charge in [-0.2, -0.15) is 0 Å². The van der Waals surface area contributed by atoms with Crippen molar-refractivity contribution in [1.82, 2.24) is 4.90 Å². The fourth-order valence-corrected chi connectivity index (χ4v) is 4.66. The number of ether oxygens (including phenoxy) is 1. The van der Waals surface area contributed by atoms with Gasteiger partial charge in [0, 0.05) is 22.3 Å². The zero-order valence-corrected chi connectivity index (χ0v) is 16.6. The van der Waals surface area contributed by atoms with Crippen molar-refractivity contribution in [3.63, 3.8) is 0 Å². The number of carboxylic acids is 1. The Bertz CT molecular complexity index is 794. The smallest absolute Gasteiger partial charge is 0.335 e. The zero-order chi connectivity index (χ0) is 18.0. The van der Waals surface area contributed by atoms with E-state index in [1.54, 1.807) is 18.2 Å². The number of carbonyl (C=O) groups is 1. The minimum atomic E-state index is -0.918. The molecule has 2 aromatic rings. The highest BCUT2D eigenvalue weighted by Crippen LogP contribution is 2.45. The van der Waals surface area contributed by atoms with Crippen molar-refractivity contribution in [3.8, 4) is 5.75 Å². The summed E-state index contributed by atoms with van der Waals surface area (Å²) in [4.78, 5) is 13.6. The number of nitrogens with zero attached hydrogens (tertiary/aromatic N) is 1. The van der Waals surface area contributed by atoms with E-state index in [-0.39, 0.29) is 5.25 Å². The van der Waals surface area contributed by atoms with Gasteiger partial charge in [-0.15, -0.1) is 11.8 Å². The van der Waals surface area contributed by atoms with Crippen molar-refractivity contribution in [1.29, 1.82) is 0 Å². The number of hydrogen-bond acceptors (Lipinski definition) is 4. The lowest BCUT2D eigenvalue weighted by molar-refractivity contribution is 0.0696. The van der Waals surface area contributed by atoms with E-state index in [9.17, 15) is 9.90 Å². The van der Waals surface area contributed by atoms with E-state index in [0.29, 0.717) is 12.2 Å². The van der Waals surface area contributed by atoms with Crippen molar-refractivity contribution in [2.24, 2.45) is 0 Å². The standard InChI is InChI=1S/C19H20BrNO3S/c1-21(2)7-8-25-18-15-10-14(20)5-3-13(15)11-24-17-6-4-12(19(22)23)9-16(17)18/h3-6,9-10,18H,7-8,11H2,1-2H3,(H,22,23). The minimum absolute atomic E-state index is 0.0456. The van der Waals surface area contributed by atoms with Gasteiger partial charge >= 0.3 is 5.97 Å². The highest BCUT2D eigenvalue weighted by Gasteiger charge is 2.26. The number of benzene rings is 2. The largest absolute Gasteiger partial charge is 0.489 e. The zero-order valence-electron chi connectivity index (χ0n) is 14.2. The van der Waals surface area contributed by atoms with Gasteiger partial charge in [-0.3, -0.25) is 0 Å². The first-order valence-corrected chi connectivity index (χ1v) is 9.84. The second-order valence-corrected chi connectivity index (χ2v) is 8.37. The number of thioether (sulfide) groups is 1. The summed E-state index contributed by atoms with van der Waals surface area (Å²) in [7, 11) is 4.11. The molecule has 0 radical (unpaired) electrons. The van der Waals surface area contributed by atoms with Gasteiger partial charge < -0.3 is 14.7 Å². The first-order chi connectivity index (χ1) is 12.0. The third kappa shape index (κ3) is 4.19. The lowest BCUT2D eigenvalue weighted by atomic mass is 9.98. The molecule has 1 aliphatic rings. The van der Waals surface area contributed by atoms with Crippen LogP contribution in [0, 0.1) is 0 Å². The van der Waals surface area contributed by atoms with Crippen LogP contribution in [0.5, 0.6) is 5.75 Å². The van der Waals surface area contributed by atoms with Crippen molar-refractivity contribution in [2.45, 2.75) is 11.9 Å². The third-order valence-electron chi connectivity index (χ3n) is 4.14. The maximum atomic E-state index is 11.4. The van der Waals surface area contributed by atoms with Crippen LogP contribution in [0.1, 0.15) is 32.3 Å². The Morgan fingerprint density at radius 3 is 2.80 bits per heavy atom. The number of hydrogen-bond donors (Lipinski definition) is 1. The SMILES string of the molecule is CN(C)CCSC1c2cc(Br)ccc2COc2ccc(C(=O)O)cc21. The average Bonchev–Trinajstić information content (AvgIpc) is 2.71. The highest BCUT2D eigenvalue weighted by atomic mass is 79.9. The molecule has 4 nitrogen and oxygen atoms in total. The molecule has 3 rings (SSSR count). The van der Waals surface area contributed by atoms with E-state index < -0.39 is 5.97 Å². The van der Waals surface area contributed by atoms with Crippen LogP contribution in [0.25, 0.3) is 0 Å². The molecule has 0 fully saturated rings. The van der Waals surface area contributed by atoms with Crippen molar-refractivity contribution in [2.75, 3.05) is 26.4 Å². The first kappa shape index (κ1) is 18.3. The predicted molar refractivity (Wildman–Crippen MR) is 105 cm³/mol. The molecule has 1 N–H and O–H groups in total. The van der Waals surface area contributed by atoms with Gasteiger partial charge in [-0.1, -0.05) is 22.0 Å². The van der Waals surface area contributed by atoms with E-state index in [2.05, 4.69) is 47.1 Å². The molecule has 2 aromatic carbocycles. The molecular formula is C19H20BrNO3S. The number of halogens is 1. The van der Waals surface area contributed by atoms with Gasteiger partial charge in [0.2, 0.25) is 0 Å². The van der Waals surface area contributed by atoms with E-state index in [4.69, 9.17) is 4.74 Å². The second-order valence-electron chi connectivity index (χ2n) is 6.24. The van der Waals surface area contributed by atoms with Gasteiger partial charge in [-0.05, 0) is 55.6 Å². The summed E-state index contributed by atoms with van der Waals surface area (Å²) >= 11 is 5.38. The normalized spacial score (nSPS) is 15.9. The molecule has 1 atom stereocenters. The summed E-state index contributed by atoms with van der Waals surface area (Å²) in [6, 6.07) is 11.3. The van der Waals surface area contributed by atoms with Gasteiger partial charge in [0.25, 0.3) is 0 Å². The van der Waals surface area contributed by atoms with Gasteiger partial charge in [0.1, 0.15) is 12.4 Å². The molecule has 0 aliphatic carbocycles. The molecule has 0 bridgehead atoms. The van der Waals surface area contributed by atoms with E-state index in [1.807, 2.05) is 17.8 Å². The predicted octanol–water partition coefficient (Wildman–Crippen LogP) is 4.42. The van der Waals surface area contributed by atoms with Gasteiger partial charge in [-0.25, -0.2) is 4.79 Å². The summed E-state index contributed by atoms with van der Waals surface area (Å²) in [6.07, 6.45) is 0. The van der Waals surface area contributed by atoms with Gasteiger partial charge in [0.05, 0.1) is 10.8 Å². The number of fused-ring (bicyclic) bond motifs is 2. The minimum Gasteiger partial charge on any atom is -0.489 e. The van der Waals surface area contributed by atoms with Crippen LogP contribution in [-0.2, 0) is 6.61 Å². The molecule has 0 saturated heterocycles. The quantitative estimate of drug-likeness (QED) is 0.773. The van der Waals surface area contributed by atoms with Crippen molar-refractivity contribution in [3.05, 3.63) is 63.1 Å². The molecular weight excluding hydrogens is 402 g/mol. The topological polar surface area (TPSA) is 49.8 Å². The maximum Gasteiger partial charge on any atom is 0.335 e. The number of carboxylic acid groups (broad SMARTS) is 1. The monoisotopic (exact) mass is 421 g/mol. The van der Waals surface area contributed by atoms with E-state index in [1.165, 1.54) is 5.56 Å². The Labute approximate surface area is 160 Å². The van der Waals surface area contributed by atoms with Crippen molar-refractivity contribution >= 4 is 33.7 Å². The van der Waals surface area contributed by atoms with Crippen LogP contribution >= 0.6 is 27.7 Å². The molecule has 1 heterocycles. The Kier molecular flexibility index (Phi) is 5.71. The third-order valence-corrected chi connectivity index (χ3v) is 5.89. The summed E-state index contributed by atoms with van der Waals surface area (Å²) < 4.78 is 6.99. The fourth-order valence-electron chi connectivity index (χ4n) is 2.81. The summed E-state index contributed by atoms with van der Waals surface area (Å²) in [5.41, 5.74) is 3.54. The Hall–Kier alpha value is -1.50. The van der Waals surface area contributed by atoms with Crippen LogP contribution in [0.3, 0.4) is 0 Å². The number of aromatic carboxylic acids is 1. The second kappa shape index (κ2) is 7.81. The lowest BCUT2D eigenvalue weighted by Crippen LogP contribution is -2.15. The molecule has 0 spiro atoms. The summed E-state index contributed by atoms with van der Waals surface area (Å²) in [5, 5.41) is 9.42. The number of rotatable bonds is 5. The van der Waals surface area contributed by atoms with Gasteiger partial charge in [0.15, 0.2) is 0 Å². The Morgan fingerprint density at radius 2 is 2.08 bits per heavy atom. The molecule has 1 aliphatic heterocycles. The van der Waals surface area contributed by atoms with Crippen LogP contribution in [-0.4, -0.2) is 42.4 Å². The van der Waals surface area contributed by atoms with Crippen molar-refractivity contribution < 1.29 is 14.6 Å². The molecule has 0 saturated carbocycles. The molecule has 1 unspecified atom stereocenters. The molecule has 25 heavy (non-hydrogen) atoms. The van der Waals surface area contributed by atoms with Crippen LogP contribution in [0.15, 0.2) is 40.9 Å². The Balaban J connectivity index is 2.06. The first-order valence-electron chi connectivity index (χ1n) is 8.00. The molecule has 0 aromatic heterocycles. The van der Waals surface area contributed by atoms with E-state index in [0.717, 1.165) is 33.6 Å². The van der Waals surface area contributed by atoms with E-state index >= 15 is 0 Å².